The van der Waals surface area contributed by atoms with Gasteiger partial charge >= 0.3 is 0 Å². The van der Waals surface area contributed by atoms with Crippen LogP contribution in [0.3, 0.4) is 0 Å². The molecular formula is C14H30N4O2S. The van der Waals surface area contributed by atoms with Crippen molar-refractivity contribution in [1.29, 1.82) is 0 Å². The van der Waals surface area contributed by atoms with E-state index in [1.165, 1.54) is 0 Å². The minimum Gasteiger partial charge on any atom is -0.329 e. The summed E-state index contributed by atoms with van der Waals surface area (Å²) in [5, 5.41) is 0. The van der Waals surface area contributed by atoms with E-state index in [0.717, 1.165) is 45.2 Å². The van der Waals surface area contributed by atoms with E-state index in [9.17, 15) is 8.42 Å². The zero-order valence-electron chi connectivity index (χ0n) is 13.4. The van der Waals surface area contributed by atoms with Crippen molar-refractivity contribution in [3.8, 4) is 0 Å². The van der Waals surface area contributed by atoms with Crippen molar-refractivity contribution in [1.82, 2.24) is 13.5 Å². The molecule has 2 atom stereocenters. The number of hydrogen-bond donors (Lipinski definition) is 1. The molecule has 2 heterocycles. The Hall–Kier alpha value is -0.210. The number of rotatable bonds is 4. The van der Waals surface area contributed by atoms with Gasteiger partial charge in [0.05, 0.1) is 0 Å². The molecule has 2 unspecified atom stereocenters. The Morgan fingerprint density at radius 3 is 2.38 bits per heavy atom. The van der Waals surface area contributed by atoms with Crippen LogP contribution < -0.4 is 5.73 Å². The second-order valence-electron chi connectivity index (χ2n) is 6.29. The van der Waals surface area contributed by atoms with Crippen LogP contribution in [-0.2, 0) is 10.2 Å². The molecule has 0 saturated carbocycles. The van der Waals surface area contributed by atoms with Gasteiger partial charge in [0.15, 0.2) is 0 Å². The standard InChI is InChI=1S/C14H30N4O2S/c1-3-13-12-16(2)8-6-10-17(13)21(19,20)18-9-5-4-7-14(18)11-15/h13-14H,3-12,15H2,1-2H3. The van der Waals surface area contributed by atoms with Crippen molar-refractivity contribution in [3.63, 3.8) is 0 Å². The molecule has 0 aromatic rings. The SMILES string of the molecule is CCC1CN(C)CCCN1S(=O)(=O)N1CCCCC1CN. The van der Waals surface area contributed by atoms with Gasteiger partial charge < -0.3 is 10.6 Å². The maximum absolute atomic E-state index is 13.1. The first kappa shape index (κ1) is 17.1. The van der Waals surface area contributed by atoms with E-state index in [4.69, 9.17) is 5.73 Å². The maximum Gasteiger partial charge on any atom is 0.282 e. The maximum atomic E-state index is 13.1. The highest BCUT2D eigenvalue weighted by Crippen LogP contribution is 2.25. The van der Waals surface area contributed by atoms with Crippen molar-refractivity contribution in [2.24, 2.45) is 5.73 Å². The topological polar surface area (TPSA) is 69.9 Å². The molecule has 6 nitrogen and oxygen atoms in total. The third-order valence-electron chi connectivity index (χ3n) is 4.76. The molecule has 0 spiro atoms. The normalized spacial score (nSPS) is 31.2. The van der Waals surface area contributed by atoms with Gasteiger partial charge in [-0.15, -0.1) is 0 Å². The summed E-state index contributed by atoms with van der Waals surface area (Å²) in [4.78, 5) is 2.24. The Morgan fingerprint density at radius 1 is 1.05 bits per heavy atom. The van der Waals surface area contributed by atoms with E-state index >= 15 is 0 Å². The van der Waals surface area contributed by atoms with Crippen LogP contribution in [0.5, 0.6) is 0 Å². The molecule has 2 fully saturated rings. The molecule has 21 heavy (non-hydrogen) atoms. The fraction of sp³-hybridized carbons (Fsp3) is 1.00. The molecule has 2 N–H and O–H groups in total. The van der Waals surface area contributed by atoms with Crippen molar-refractivity contribution in [2.75, 3.05) is 39.8 Å². The highest BCUT2D eigenvalue weighted by atomic mass is 32.2. The summed E-state index contributed by atoms with van der Waals surface area (Å²) < 4.78 is 29.6. The van der Waals surface area contributed by atoms with Crippen molar-refractivity contribution < 1.29 is 8.42 Å². The van der Waals surface area contributed by atoms with Gasteiger partial charge in [0.1, 0.15) is 0 Å². The van der Waals surface area contributed by atoms with E-state index in [1.807, 2.05) is 0 Å². The average molecular weight is 318 g/mol. The Balaban J connectivity index is 2.23. The summed E-state index contributed by atoms with van der Waals surface area (Å²) in [5.41, 5.74) is 5.81. The molecule has 0 aromatic carbocycles. The fourth-order valence-electron chi connectivity index (χ4n) is 3.51. The average Bonchev–Trinajstić information content (AvgIpc) is 2.68. The summed E-state index contributed by atoms with van der Waals surface area (Å²) in [6.07, 6.45) is 4.66. The van der Waals surface area contributed by atoms with Crippen LogP contribution in [0.15, 0.2) is 0 Å². The molecule has 0 bridgehead atoms. The summed E-state index contributed by atoms with van der Waals surface area (Å²) in [6.45, 7) is 5.51. The van der Waals surface area contributed by atoms with Gasteiger partial charge in [-0.3, -0.25) is 0 Å². The molecule has 0 aromatic heterocycles. The molecule has 2 aliphatic heterocycles. The lowest BCUT2D eigenvalue weighted by molar-refractivity contribution is 0.213. The van der Waals surface area contributed by atoms with Gasteiger partial charge in [-0.05, 0) is 39.3 Å². The van der Waals surface area contributed by atoms with E-state index in [2.05, 4.69) is 18.9 Å². The van der Waals surface area contributed by atoms with Gasteiger partial charge in [0.25, 0.3) is 10.2 Å². The first-order valence-electron chi connectivity index (χ1n) is 8.18. The lowest BCUT2D eigenvalue weighted by atomic mass is 10.1. The first-order chi connectivity index (χ1) is 10.0. The van der Waals surface area contributed by atoms with Gasteiger partial charge in [-0.2, -0.15) is 17.0 Å². The van der Waals surface area contributed by atoms with Crippen LogP contribution in [0, 0.1) is 0 Å². The van der Waals surface area contributed by atoms with Crippen LogP contribution in [0.2, 0.25) is 0 Å². The largest absolute Gasteiger partial charge is 0.329 e. The quantitative estimate of drug-likeness (QED) is 0.817. The molecule has 7 heteroatoms. The third-order valence-corrected chi connectivity index (χ3v) is 6.90. The van der Waals surface area contributed by atoms with Crippen LogP contribution in [-0.4, -0.2) is 73.8 Å². The number of nitrogens with two attached hydrogens (primary N) is 1. The number of likely N-dealkylation sites (N-methyl/N-ethyl adjacent to an activating group) is 1. The fourth-order valence-corrected chi connectivity index (χ4v) is 5.66. The second-order valence-corrected chi connectivity index (χ2v) is 8.13. The predicted octanol–water partition coefficient (Wildman–Crippen LogP) is 0.461. The first-order valence-corrected chi connectivity index (χ1v) is 9.57. The second kappa shape index (κ2) is 7.37. The molecule has 2 saturated heterocycles. The van der Waals surface area contributed by atoms with Gasteiger partial charge in [0.2, 0.25) is 0 Å². The molecule has 0 radical (unpaired) electrons. The number of piperidine rings is 1. The van der Waals surface area contributed by atoms with E-state index in [0.29, 0.717) is 19.6 Å². The zero-order chi connectivity index (χ0) is 15.5. The molecule has 0 amide bonds. The van der Waals surface area contributed by atoms with Crippen molar-refractivity contribution in [2.45, 2.75) is 51.1 Å². The Labute approximate surface area is 129 Å². The molecule has 124 valence electrons. The van der Waals surface area contributed by atoms with E-state index in [-0.39, 0.29) is 12.1 Å². The van der Waals surface area contributed by atoms with Crippen LogP contribution in [0.1, 0.15) is 39.0 Å². The predicted molar refractivity (Wildman–Crippen MR) is 85.2 cm³/mol. The Bertz CT molecular complexity index is 429. The van der Waals surface area contributed by atoms with Crippen LogP contribution in [0.25, 0.3) is 0 Å². The molecule has 0 aliphatic carbocycles. The Morgan fingerprint density at radius 2 is 1.71 bits per heavy atom. The molecule has 2 aliphatic rings. The molecular weight excluding hydrogens is 288 g/mol. The van der Waals surface area contributed by atoms with Gasteiger partial charge in [-0.1, -0.05) is 13.3 Å². The summed E-state index contributed by atoms with van der Waals surface area (Å²) in [6, 6.07) is 0.0464. The highest BCUT2D eigenvalue weighted by molar-refractivity contribution is 7.86. The smallest absolute Gasteiger partial charge is 0.282 e. The van der Waals surface area contributed by atoms with Crippen LogP contribution >= 0.6 is 0 Å². The minimum atomic E-state index is -3.39. The monoisotopic (exact) mass is 318 g/mol. The van der Waals surface area contributed by atoms with Crippen molar-refractivity contribution >= 4 is 10.2 Å². The Kier molecular flexibility index (Phi) is 6.02. The minimum absolute atomic E-state index is 0.0257. The lowest BCUT2D eigenvalue weighted by Gasteiger charge is -2.39. The number of nitrogens with zero attached hydrogens (tertiary/aromatic N) is 3. The van der Waals surface area contributed by atoms with Gasteiger partial charge in [0, 0.05) is 38.3 Å². The zero-order valence-corrected chi connectivity index (χ0v) is 14.2. The summed E-state index contributed by atoms with van der Waals surface area (Å²) in [5.74, 6) is 0. The summed E-state index contributed by atoms with van der Waals surface area (Å²) in [7, 11) is -1.32. The summed E-state index contributed by atoms with van der Waals surface area (Å²) >= 11 is 0. The third kappa shape index (κ3) is 3.76. The van der Waals surface area contributed by atoms with E-state index in [1.54, 1.807) is 8.61 Å². The van der Waals surface area contributed by atoms with Gasteiger partial charge in [-0.25, -0.2) is 0 Å². The van der Waals surface area contributed by atoms with E-state index < -0.39 is 10.2 Å². The van der Waals surface area contributed by atoms with Crippen LogP contribution in [0.4, 0.5) is 0 Å². The lowest BCUT2D eigenvalue weighted by Crippen LogP contribution is -2.56. The number of hydrogen-bond acceptors (Lipinski definition) is 4. The van der Waals surface area contributed by atoms with Crippen molar-refractivity contribution in [3.05, 3.63) is 0 Å². The highest BCUT2D eigenvalue weighted by Gasteiger charge is 2.39. The molecule has 2 rings (SSSR count).